The van der Waals surface area contributed by atoms with Crippen LogP contribution in [0.5, 0.6) is 0 Å². The van der Waals surface area contributed by atoms with Crippen molar-refractivity contribution in [2.45, 2.75) is 35.5 Å². The van der Waals surface area contributed by atoms with Gasteiger partial charge in [0.05, 0.1) is 9.79 Å². The minimum atomic E-state index is -3.37. The van der Waals surface area contributed by atoms with E-state index in [9.17, 15) is 8.42 Å². The number of hydrogen-bond donors (Lipinski definition) is 0. The van der Waals surface area contributed by atoms with E-state index in [4.69, 9.17) is 0 Å². The molecule has 98 valence electrons. The summed E-state index contributed by atoms with van der Waals surface area (Å²) >= 11 is 0. The summed E-state index contributed by atoms with van der Waals surface area (Å²) in [5, 5.41) is 0. The molecular weight excluding hydrogens is 256 g/mol. The number of fused-ring (bicyclic) bond motifs is 1. The molecule has 2 aromatic rings. The summed E-state index contributed by atoms with van der Waals surface area (Å²) in [5.74, 6) is 0. The van der Waals surface area contributed by atoms with Gasteiger partial charge in [-0.3, -0.25) is 0 Å². The van der Waals surface area contributed by atoms with Crippen molar-refractivity contribution in [2.24, 2.45) is 0 Å². The zero-order valence-corrected chi connectivity index (χ0v) is 11.5. The Morgan fingerprint density at radius 2 is 1.42 bits per heavy atom. The zero-order chi connectivity index (χ0) is 13.3. The van der Waals surface area contributed by atoms with Gasteiger partial charge in [-0.2, -0.15) is 0 Å². The third-order valence-corrected chi connectivity index (χ3v) is 5.45. The molecular formula is C16H16O2S. The van der Waals surface area contributed by atoms with Gasteiger partial charge in [0, 0.05) is 0 Å². The van der Waals surface area contributed by atoms with E-state index in [1.54, 1.807) is 30.3 Å². The number of benzene rings is 2. The van der Waals surface area contributed by atoms with Gasteiger partial charge in [0.1, 0.15) is 0 Å². The number of hydrogen-bond acceptors (Lipinski definition) is 2. The monoisotopic (exact) mass is 272 g/mol. The van der Waals surface area contributed by atoms with E-state index in [0.29, 0.717) is 9.79 Å². The second kappa shape index (κ2) is 4.82. The van der Waals surface area contributed by atoms with Crippen molar-refractivity contribution in [1.82, 2.24) is 0 Å². The van der Waals surface area contributed by atoms with E-state index in [2.05, 4.69) is 0 Å². The van der Waals surface area contributed by atoms with Gasteiger partial charge in [-0.1, -0.05) is 24.3 Å². The van der Waals surface area contributed by atoms with E-state index >= 15 is 0 Å². The van der Waals surface area contributed by atoms with Gasteiger partial charge in [-0.05, 0) is 61.1 Å². The van der Waals surface area contributed by atoms with Gasteiger partial charge in [0.25, 0.3) is 0 Å². The molecule has 0 saturated heterocycles. The number of rotatable bonds is 2. The predicted octanol–water partition coefficient (Wildman–Crippen LogP) is 3.40. The SMILES string of the molecule is O=S(=O)(c1ccccc1)c1ccc2c(c1)CCCC2. The van der Waals surface area contributed by atoms with Gasteiger partial charge < -0.3 is 0 Å². The predicted molar refractivity (Wildman–Crippen MR) is 75.0 cm³/mol. The molecule has 0 spiro atoms. The van der Waals surface area contributed by atoms with Crippen LogP contribution in [0.3, 0.4) is 0 Å². The van der Waals surface area contributed by atoms with E-state index in [0.717, 1.165) is 19.3 Å². The average Bonchev–Trinajstić information content (AvgIpc) is 2.47. The second-order valence-electron chi connectivity index (χ2n) is 4.95. The van der Waals surface area contributed by atoms with Crippen molar-refractivity contribution in [1.29, 1.82) is 0 Å². The normalized spacial score (nSPS) is 14.9. The van der Waals surface area contributed by atoms with Gasteiger partial charge in [0.15, 0.2) is 0 Å². The molecule has 0 aromatic heterocycles. The first kappa shape index (κ1) is 12.4. The second-order valence-corrected chi connectivity index (χ2v) is 6.90. The van der Waals surface area contributed by atoms with Crippen LogP contribution < -0.4 is 0 Å². The third-order valence-electron chi connectivity index (χ3n) is 3.68. The average molecular weight is 272 g/mol. The molecule has 0 bridgehead atoms. The molecule has 0 amide bonds. The summed E-state index contributed by atoms with van der Waals surface area (Å²) in [7, 11) is -3.37. The molecule has 2 nitrogen and oxygen atoms in total. The van der Waals surface area contributed by atoms with Gasteiger partial charge in [0.2, 0.25) is 9.84 Å². The maximum Gasteiger partial charge on any atom is 0.206 e. The van der Waals surface area contributed by atoms with Gasteiger partial charge >= 0.3 is 0 Å². The molecule has 1 aliphatic carbocycles. The van der Waals surface area contributed by atoms with Crippen LogP contribution in [-0.2, 0) is 22.7 Å². The fourth-order valence-electron chi connectivity index (χ4n) is 2.61. The quantitative estimate of drug-likeness (QED) is 0.839. The first-order valence-electron chi connectivity index (χ1n) is 6.60. The van der Waals surface area contributed by atoms with Gasteiger partial charge in [-0.25, -0.2) is 8.42 Å². The molecule has 0 fully saturated rings. The molecule has 3 rings (SSSR count). The molecule has 0 radical (unpaired) electrons. The van der Waals surface area contributed by atoms with Crippen LogP contribution in [0.15, 0.2) is 58.3 Å². The summed E-state index contributed by atoms with van der Waals surface area (Å²) in [5.41, 5.74) is 2.50. The smallest absolute Gasteiger partial charge is 0.206 e. The molecule has 2 aromatic carbocycles. The number of sulfone groups is 1. The summed E-state index contributed by atoms with van der Waals surface area (Å²) in [6, 6.07) is 14.2. The summed E-state index contributed by atoms with van der Waals surface area (Å²) in [4.78, 5) is 0.783. The molecule has 0 atom stereocenters. The van der Waals surface area contributed by atoms with Crippen molar-refractivity contribution in [3.63, 3.8) is 0 Å². The Morgan fingerprint density at radius 1 is 0.737 bits per heavy atom. The van der Waals surface area contributed by atoms with Crippen molar-refractivity contribution >= 4 is 9.84 Å². The van der Waals surface area contributed by atoms with E-state index < -0.39 is 9.84 Å². The molecule has 0 unspecified atom stereocenters. The Labute approximate surface area is 114 Å². The lowest BCUT2D eigenvalue weighted by Crippen LogP contribution is -2.07. The molecule has 0 aliphatic heterocycles. The summed E-state index contributed by atoms with van der Waals surface area (Å²) in [6.45, 7) is 0. The van der Waals surface area contributed by atoms with E-state index in [1.807, 2.05) is 18.2 Å². The van der Waals surface area contributed by atoms with Crippen LogP contribution in [0.4, 0.5) is 0 Å². The molecule has 3 heteroatoms. The van der Waals surface area contributed by atoms with Crippen LogP contribution in [0.2, 0.25) is 0 Å². The minimum Gasteiger partial charge on any atom is -0.219 e. The highest BCUT2D eigenvalue weighted by atomic mass is 32.2. The highest BCUT2D eigenvalue weighted by Gasteiger charge is 2.19. The molecule has 19 heavy (non-hydrogen) atoms. The van der Waals surface area contributed by atoms with Crippen molar-refractivity contribution in [3.05, 3.63) is 59.7 Å². The Bertz CT molecular complexity index is 688. The van der Waals surface area contributed by atoms with Crippen LogP contribution in [-0.4, -0.2) is 8.42 Å². The van der Waals surface area contributed by atoms with Crippen LogP contribution in [0.1, 0.15) is 24.0 Å². The first-order chi connectivity index (χ1) is 9.18. The molecule has 0 heterocycles. The topological polar surface area (TPSA) is 34.1 Å². The highest BCUT2D eigenvalue weighted by molar-refractivity contribution is 7.91. The third kappa shape index (κ3) is 2.30. The van der Waals surface area contributed by atoms with Gasteiger partial charge in [-0.15, -0.1) is 0 Å². The standard InChI is InChI=1S/C16H16O2S/c17-19(18,15-8-2-1-3-9-15)16-11-10-13-6-4-5-7-14(13)12-16/h1-3,8-12H,4-7H2. The van der Waals surface area contributed by atoms with Crippen molar-refractivity contribution < 1.29 is 8.42 Å². The lowest BCUT2D eigenvalue weighted by molar-refractivity contribution is 0.595. The molecule has 1 aliphatic rings. The van der Waals surface area contributed by atoms with Crippen molar-refractivity contribution in [2.75, 3.05) is 0 Å². The largest absolute Gasteiger partial charge is 0.219 e. The Hall–Kier alpha value is -1.61. The van der Waals surface area contributed by atoms with E-state index in [1.165, 1.54) is 17.5 Å². The summed E-state index contributed by atoms with van der Waals surface area (Å²) in [6.07, 6.45) is 4.42. The zero-order valence-electron chi connectivity index (χ0n) is 10.7. The van der Waals surface area contributed by atoms with E-state index in [-0.39, 0.29) is 0 Å². The molecule has 0 N–H and O–H groups in total. The van der Waals surface area contributed by atoms with Crippen LogP contribution in [0.25, 0.3) is 0 Å². The highest BCUT2D eigenvalue weighted by Crippen LogP contribution is 2.27. The Morgan fingerprint density at radius 3 is 2.16 bits per heavy atom. The Kier molecular flexibility index (Phi) is 3.15. The summed E-state index contributed by atoms with van der Waals surface area (Å²) < 4.78 is 25.0. The fraction of sp³-hybridized carbons (Fsp3) is 0.250. The lowest BCUT2D eigenvalue weighted by Gasteiger charge is -2.16. The van der Waals surface area contributed by atoms with Crippen molar-refractivity contribution in [3.8, 4) is 0 Å². The maximum absolute atomic E-state index is 12.5. The minimum absolute atomic E-state index is 0.366. The lowest BCUT2D eigenvalue weighted by atomic mass is 9.92. The molecule has 0 saturated carbocycles. The van der Waals surface area contributed by atoms with Crippen LogP contribution >= 0.6 is 0 Å². The first-order valence-corrected chi connectivity index (χ1v) is 8.08. The number of aryl methyl sites for hydroxylation is 2. The Balaban J connectivity index is 2.07. The maximum atomic E-state index is 12.5. The van der Waals surface area contributed by atoms with Crippen LogP contribution in [0, 0.1) is 0 Å². The fourth-order valence-corrected chi connectivity index (χ4v) is 3.94.